The fourth-order valence-corrected chi connectivity index (χ4v) is 2.64. The van der Waals surface area contributed by atoms with Crippen molar-refractivity contribution in [3.63, 3.8) is 0 Å². The van der Waals surface area contributed by atoms with Gasteiger partial charge >= 0.3 is 6.03 Å². The lowest BCUT2D eigenvalue weighted by atomic mass is 10.0. The van der Waals surface area contributed by atoms with E-state index in [0.29, 0.717) is 17.8 Å². The van der Waals surface area contributed by atoms with Gasteiger partial charge in [-0.05, 0) is 20.3 Å². The number of hydrogen-bond acceptors (Lipinski definition) is 3. The molecule has 2 rings (SSSR count). The minimum Gasteiger partial charge on any atom is -0.352 e. The summed E-state index contributed by atoms with van der Waals surface area (Å²) in [7, 11) is 0. The molecular formula is C15H23N5O2. The highest BCUT2D eigenvalue weighted by Gasteiger charge is 2.26. The minimum atomic E-state index is -0.283. The van der Waals surface area contributed by atoms with Gasteiger partial charge < -0.3 is 20.5 Å². The van der Waals surface area contributed by atoms with Crippen molar-refractivity contribution in [2.45, 2.75) is 46.2 Å². The lowest BCUT2D eigenvalue weighted by Crippen LogP contribution is -2.50. The summed E-state index contributed by atoms with van der Waals surface area (Å²) in [6, 6.07) is -0.553. The minimum absolute atomic E-state index is 0.140. The van der Waals surface area contributed by atoms with Crippen LogP contribution in [-0.2, 0) is 17.8 Å². The van der Waals surface area contributed by atoms with Gasteiger partial charge in [0.1, 0.15) is 5.82 Å². The van der Waals surface area contributed by atoms with Gasteiger partial charge in [-0.3, -0.25) is 4.79 Å². The molecular weight excluding hydrogens is 282 g/mol. The Kier molecular flexibility index (Phi) is 5.19. The first-order valence-electron chi connectivity index (χ1n) is 7.59. The molecule has 1 aromatic heterocycles. The highest BCUT2D eigenvalue weighted by Crippen LogP contribution is 2.11. The zero-order valence-corrected chi connectivity index (χ0v) is 13.3. The van der Waals surface area contributed by atoms with E-state index in [1.165, 1.54) is 0 Å². The van der Waals surface area contributed by atoms with E-state index < -0.39 is 0 Å². The van der Waals surface area contributed by atoms with Gasteiger partial charge in [0.2, 0.25) is 0 Å². The summed E-state index contributed by atoms with van der Waals surface area (Å²) in [5, 5.41) is 8.22. The molecule has 22 heavy (non-hydrogen) atoms. The molecule has 0 unspecified atom stereocenters. The van der Waals surface area contributed by atoms with Gasteiger partial charge in [0.25, 0.3) is 5.91 Å². The number of urea groups is 1. The molecule has 1 aromatic rings. The zero-order chi connectivity index (χ0) is 16.1. The van der Waals surface area contributed by atoms with Gasteiger partial charge in [0.05, 0.1) is 11.6 Å². The van der Waals surface area contributed by atoms with E-state index >= 15 is 0 Å². The van der Waals surface area contributed by atoms with Crippen molar-refractivity contribution in [3.05, 3.63) is 29.5 Å². The summed E-state index contributed by atoms with van der Waals surface area (Å²) in [5.41, 5.74) is 1.19. The van der Waals surface area contributed by atoms with Gasteiger partial charge in [-0.25, -0.2) is 9.78 Å². The number of nitrogens with one attached hydrogen (secondary N) is 3. The molecule has 0 fully saturated rings. The van der Waals surface area contributed by atoms with Crippen LogP contribution in [0.3, 0.4) is 0 Å². The van der Waals surface area contributed by atoms with E-state index in [9.17, 15) is 9.59 Å². The number of carbonyl (C=O) groups excluding carboxylic acids is 2. The van der Waals surface area contributed by atoms with Crippen LogP contribution >= 0.6 is 0 Å². The number of hydrogen-bond donors (Lipinski definition) is 3. The van der Waals surface area contributed by atoms with E-state index in [1.807, 2.05) is 6.20 Å². The molecule has 1 aliphatic rings. The number of allylic oxidation sites excluding steroid dienone is 1. The summed E-state index contributed by atoms with van der Waals surface area (Å²) in [5.74, 6) is 0.913. The van der Waals surface area contributed by atoms with Crippen LogP contribution in [0.2, 0.25) is 0 Å². The van der Waals surface area contributed by atoms with Gasteiger partial charge in [-0.15, -0.1) is 0 Å². The SMILES string of the molecule is CCc1nccn1CCCNC(=O)C1=C(C)NC(=O)N[C@@H]1C. The van der Waals surface area contributed by atoms with E-state index in [2.05, 4.69) is 32.4 Å². The predicted molar refractivity (Wildman–Crippen MR) is 83.1 cm³/mol. The third kappa shape index (κ3) is 3.66. The highest BCUT2D eigenvalue weighted by atomic mass is 16.2. The fourth-order valence-electron chi connectivity index (χ4n) is 2.64. The molecule has 0 aromatic carbocycles. The average molecular weight is 305 g/mol. The standard InChI is InChI=1S/C15H23N5O2/c1-4-12-16-7-9-20(12)8-5-6-17-14(21)13-10(2)18-15(22)19-11(13)3/h7,9-10H,4-6,8H2,1-3H3,(H,17,21)(H2,18,19,22)/t10-/m1/s1. The van der Waals surface area contributed by atoms with E-state index in [1.54, 1.807) is 20.0 Å². The molecule has 0 bridgehead atoms. The highest BCUT2D eigenvalue weighted by molar-refractivity contribution is 5.98. The Balaban J connectivity index is 1.83. The first-order chi connectivity index (χ1) is 10.5. The maximum Gasteiger partial charge on any atom is 0.319 e. The van der Waals surface area contributed by atoms with Crippen LogP contribution in [0.4, 0.5) is 4.79 Å². The second-order valence-corrected chi connectivity index (χ2v) is 5.36. The van der Waals surface area contributed by atoms with Crippen LogP contribution in [0.1, 0.15) is 33.0 Å². The van der Waals surface area contributed by atoms with Crippen LogP contribution < -0.4 is 16.0 Å². The van der Waals surface area contributed by atoms with Crippen LogP contribution in [0.25, 0.3) is 0 Å². The second-order valence-electron chi connectivity index (χ2n) is 5.36. The molecule has 2 heterocycles. The first kappa shape index (κ1) is 16.1. The van der Waals surface area contributed by atoms with Crippen molar-refractivity contribution in [3.8, 4) is 0 Å². The third-order valence-corrected chi connectivity index (χ3v) is 3.71. The number of carbonyl (C=O) groups is 2. The summed E-state index contributed by atoms with van der Waals surface area (Å²) in [6.07, 6.45) is 5.48. The lowest BCUT2D eigenvalue weighted by molar-refractivity contribution is -0.117. The van der Waals surface area contributed by atoms with Crippen molar-refractivity contribution in [1.29, 1.82) is 0 Å². The molecule has 0 saturated carbocycles. The molecule has 120 valence electrons. The van der Waals surface area contributed by atoms with Gasteiger partial charge in [-0.1, -0.05) is 6.92 Å². The molecule has 7 heteroatoms. The number of amides is 3. The van der Waals surface area contributed by atoms with Crippen LogP contribution in [0.15, 0.2) is 23.7 Å². The van der Waals surface area contributed by atoms with Crippen molar-refractivity contribution >= 4 is 11.9 Å². The second kappa shape index (κ2) is 7.11. The molecule has 7 nitrogen and oxygen atoms in total. The molecule has 0 radical (unpaired) electrons. The molecule has 0 spiro atoms. The molecule has 1 aliphatic heterocycles. The fraction of sp³-hybridized carbons (Fsp3) is 0.533. The molecule has 3 N–H and O–H groups in total. The van der Waals surface area contributed by atoms with Crippen LogP contribution in [0, 0.1) is 0 Å². The maximum atomic E-state index is 12.2. The van der Waals surface area contributed by atoms with Crippen LogP contribution in [-0.4, -0.2) is 34.1 Å². The Hall–Kier alpha value is -2.31. The van der Waals surface area contributed by atoms with Crippen molar-refractivity contribution in [2.75, 3.05) is 6.54 Å². The zero-order valence-electron chi connectivity index (χ0n) is 13.3. The Bertz CT molecular complexity index is 591. The molecule has 3 amide bonds. The topological polar surface area (TPSA) is 88.1 Å². The Morgan fingerprint density at radius 3 is 2.95 bits per heavy atom. The largest absolute Gasteiger partial charge is 0.352 e. The van der Waals surface area contributed by atoms with Crippen molar-refractivity contribution < 1.29 is 9.59 Å². The van der Waals surface area contributed by atoms with Crippen molar-refractivity contribution in [2.24, 2.45) is 0 Å². The lowest BCUT2D eigenvalue weighted by Gasteiger charge is -2.25. The first-order valence-corrected chi connectivity index (χ1v) is 7.59. The smallest absolute Gasteiger partial charge is 0.319 e. The maximum absolute atomic E-state index is 12.2. The number of aromatic nitrogens is 2. The summed E-state index contributed by atoms with van der Waals surface area (Å²) in [6.45, 7) is 7.02. The normalized spacial score (nSPS) is 18.0. The Labute approximate surface area is 130 Å². The van der Waals surface area contributed by atoms with Gasteiger partial charge in [0.15, 0.2) is 0 Å². The summed E-state index contributed by atoms with van der Waals surface area (Å²) >= 11 is 0. The summed E-state index contributed by atoms with van der Waals surface area (Å²) in [4.78, 5) is 27.8. The Morgan fingerprint density at radius 2 is 2.27 bits per heavy atom. The molecule has 0 saturated heterocycles. The number of aryl methyl sites for hydroxylation is 2. The Morgan fingerprint density at radius 1 is 1.50 bits per heavy atom. The van der Waals surface area contributed by atoms with Crippen LogP contribution in [0.5, 0.6) is 0 Å². The van der Waals surface area contributed by atoms with Gasteiger partial charge in [-0.2, -0.15) is 0 Å². The quantitative estimate of drug-likeness (QED) is 0.683. The monoisotopic (exact) mass is 305 g/mol. The number of nitrogens with zero attached hydrogens (tertiary/aromatic N) is 2. The number of imidazole rings is 1. The van der Waals surface area contributed by atoms with E-state index in [0.717, 1.165) is 25.2 Å². The third-order valence-electron chi connectivity index (χ3n) is 3.71. The van der Waals surface area contributed by atoms with Gasteiger partial charge in [0, 0.05) is 37.6 Å². The van der Waals surface area contributed by atoms with E-state index in [4.69, 9.17) is 0 Å². The van der Waals surface area contributed by atoms with Crippen molar-refractivity contribution in [1.82, 2.24) is 25.5 Å². The number of rotatable bonds is 6. The van der Waals surface area contributed by atoms with E-state index in [-0.39, 0.29) is 18.0 Å². The molecule has 0 aliphatic carbocycles. The predicted octanol–water partition coefficient (Wildman–Crippen LogP) is 0.927. The average Bonchev–Trinajstić information content (AvgIpc) is 2.89. The summed E-state index contributed by atoms with van der Waals surface area (Å²) < 4.78 is 2.10. The molecule has 1 atom stereocenters.